The Morgan fingerprint density at radius 3 is 2.44 bits per heavy atom. The summed E-state index contributed by atoms with van der Waals surface area (Å²) in [5, 5.41) is 0.0667. The van der Waals surface area contributed by atoms with Crippen LogP contribution in [-0.2, 0) is 17.4 Å². The molecule has 3 N–H and O–H groups in total. The number of benzene rings is 1. The zero-order valence-electron chi connectivity index (χ0n) is 17.7. The van der Waals surface area contributed by atoms with Crippen molar-refractivity contribution in [2.24, 2.45) is 17.6 Å². The minimum Gasteiger partial charge on any atom is -0.366 e. The molecule has 4 rings (SSSR count). The Morgan fingerprint density at radius 1 is 1.22 bits per heavy atom. The second-order valence-corrected chi connectivity index (χ2v) is 8.79. The Hall–Kier alpha value is -2.84. The van der Waals surface area contributed by atoms with Gasteiger partial charge in [-0.15, -0.1) is 0 Å². The molecule has 2 aromatic rings. The van der Waals surface area contributed by atoms with Crippen molar-refractivity contribution in [2.45, 2.75) is 45.2 Å². The topological polar surface area (TPSA) is 79.2 Å². The Morgan fingerprint density at radius 2 is 1.88 bits per heavy atom. The number of halogens is 4. The molecule has 2 amide bonds. The van der Waals surface area contributed by atoms with Crippen LogP contribution in [0.25, 0.3) is 10.9 Å². The minimum atomic E-state index is -4.68. The highest BCUT2D eigenvalue weighted by molar-refractivity contribution is 6.07. The highest BCUT2D eigenvalue weighted by Crippen LogP contribution is 2.39. The number of piperidine rings is 1. The Balaban J connectivity index is 1.59. The van der Waals surface area contributed by atoms with Crippen molar-refractivity contribution >= 4 is 22.7 Å². The van der Waals surface area contributed by atoms with Crippen molar-refractivity contribution in [3.63, 3.8) is 0 Å². The summed E-state index contributed by atoms with van der Waals surface area (Å²) < 4.78 is 55.4. The van der Waals surface area contributed by atoms with Crippen LogP contribution in [-0.4, -0.2) is 34.8 Å². The lowest BCUT2D eigenvalue weighted by atomic mass is 9.87. The molecule has 1 aliphatic carbocycles. The van der Waals surface area contributed by atoms with Gasteiger partial charge in [0.2, 0.25) is 5.91 Å². The number of carbonyl (C=O) groups is 2. The number of hydrogen-bond acceptors (Lipinski definition) is 2. The lowest BCUT2D eigenvalue weighted by molar-refractivity contribution is -0.141. The second kappa shape index (κ2) is 8.26. The van der Waals surface area contributed by atoms with Gasteiger partial charge in [0, 0.05) is 18.5 Å². The van der Waals surface area contributed by atoms with Crippen LogP contribution in [0.2, 0.25) is 0 Å². The molecule has 2 fully saturated rings. The Labute approximate surface area is 182 Å². The minimum absolute atomic E-state index is 0.00669. The number of carbonyl (C=O) groups excluding carboxylic acids is 2. The van der Waals surface area contributed by atoms with Gasteiger partial charge in [-0.25, -0.2) is 4.39 Å². The molecule has 1 aromatic carbocycles. The number of aryl methyl sites for hydroxylation is 1. The fourth-order valence-corrected chi connectivity index (χ4v) is 4.51. The van der Waals surface area contributed by atoms with Crippen LogP contribution in [0.15, 0.2) is 18.2 Å². The predicted octanol–water partition coefficient (Wildman–Crippen LogP) is 4.48. The number of hydrogen-bond donors (Lipinski definition) is 2. The molecule has 9 heteroatoms. The molecule has 0 bridgehead atoms. The molecule has 0 atom stereocenters. The van der Waals surface area contributed by atoms with E-state index in [9.17, 15) is 27.2 Å². The molecular weight excluding hydrogens is 426 g/mol. The van der Waals surface area contributed by atoms with Crippen molar-refractivity contribution in [1.29, 1.82) is 0 Å². The van der Waals surface area contributed by atoms with Crippen LogP contribution >= 0.6 is 0 Å². The van der Waals surface area contributed by atoms with Gasteiger partial charge in [0.1, 0.15) is 11.5 Å². The smallest absolute Gasteiger partial charge is 0.366 e. The SMILES string of the molecule is Cc1c(C(F)(F)F)[nH]c2c(C(N)=O)cc(F)c(CC3CCN(C(=O)/C=C\C4CC4)CC3)c12. The number of fused-ring (bicyclic) bond motifs is 1. The van der Waals surface area contributed by atoms with Gasteiger partial charge in [-0.3, -0.25) is 9.59 Å². The molecule has 32 heavy (non-hydrogen) atoms. The number of H-pyrrole nitrogens is 1. The largest absolute Gasteiger partial charge is 0.431 e. The maximum Gasteiger partial charge on any atom is 0.431 e. The quantitative estimate of drug-likeness (QED) is 0.519. The van der Waals surface area contributed by atoms with Crippen LogP contribution in [0.5, 0.6) is 0 Å². The summed E-state index contributed by atoms with van der Waals surface area (Å²) in [6, 6.07) is 0.914. The summed E-state index contributed by atoms with van der Waals surface area (Å²) >= 11 is 0. The molecule has 2 heterocycles. The molecule has 0 radical (unpaired) electrons. The van der Waals surface area contributed by atoms with Gasteiger partial charge in [-0.1, -0.05) is 6.08 Å². The van der Waals surface area contributed by atoms with E-state index in [1.165, 1.54) is 6.92 Å². The second-order valence-electron chi connectivity index (χ2n) is 8.79. The molecule has 172 valence electrons. The zero-order valence-corrected chi connectivity index (χ0v) is 17.7. The normalized spacial score (nSPS) is 18.1. The van der Waals surface area contributed by atoms with Gasteiger partial charge >= 0.3 is 6.18 Å². The van der Waals surface area contributed by atoms with E-state index in [1.807, 2.05) is 6.08 Å². The van der Waals surface area contributed by atoms with Crippen LogP contribution in [0, 0.1) is 24.6 Å². The number of aromatic nitrogens is 1. The van der Waals surface area contributed by atoms with E-state index in [4.69, 9.17) is 5.73 Å². The van der Waals surface area contributed by atoms with Gasteiger partial charge < -0.3 is 15.6 Å². The molecule has 5 nitrogen and oxygen atoms in total. The average Bonchev–Trinajstić information content (AvgIpc) is 3.49. The number of nitrogens with one attached hydrogen (secondary N) is 1. The molecular formula is C23H25F4N3O2. The van der Waals surface area contributed by atoms with E-state index in [0.717, 1.165) is 18.9 Å². The molecule has 1 aromatic heterocycles. The summed E-state index contributed by atoms with van der Waals surface area (Å²) in [6.07, 6.45) is 2.58. The summed E-state index contributed by atoms with van der Waals surface area (Å²) in [6.45, 7) is 2.30. The highest BCUT2D eigenvalue weighted by atomic mass is 19.4. The summed E-state index contributed by atoms with van der Waals surface area (Å²) in [7, 11) is 0. The third-order valence-electron chi connectivity index (χ3n) is 6.48. The van der Waals surface area contributed by atoms with E-state index in [2.05, 4.69) is 4.98 Å². The summed E-state index contributed by atoms with van der Waals surface area (Å²) in [4.78, 5) is 28.0. The first-order valence-corrected chi connectivity index (χ1v) is 10.7. The van der Waals surface area contributed by atoms with Gasteiger partial charge in [0.05, 0.1) is 11.1 Å². The van der Waals surface area contributed by atoms with E-state index < -0.39 is 23.6 Å². The molecule has 2 aliphatic rings. The third kappa shape index (κ3) is 4.38. The van der Waals surface area contributed by atoms with Gasteiger partial charge in [0.25, 0.3) is 5.91 Å². The van der Waals surface area contributed by atoms with E-state index in [-0.39, 0.29) is 45.8 Å². The molecule has 0 unspecified atom stereocenters. The maximum absolute atomic E-state index is 15.0. The van der Waals surface area contributed by atoms with Gasteiger partial charge in [0.15, 0.2) is 0 Å². The van der Waals surface area contributed by atoms with Crippen LogP contribution in [0.1, 0.15) is 52.9 Å². The number of amides is 2. The van der Waals surface area contributed by atoms with Crippen molar-refractivity contribution in [1.82, 2.24) is 9.88 Å². The fourth-order valence-electron chi connectivity index (χ4n) is 4.51. The summed E-state index contributed by atoms with van der Waals surface area (Å²) in [5.41, 5.74) is 3.89. The lowest BCUT2D eigenvalue weighted by Crippen LogP contribution is -2.38. The molecule has 0 spiro atoms. The maximum atomic E-state index is 15.0. The van der Waals surface area contributed by atoms with Crippen molar-refractivity contribution in [2.75, 3.05) is 13.1 Å². The average molecular weight is 451 g/mol. The number of nitrogens with zero attached hydrogens (tertiary/aromatic N) is 1. The number of nitrogens with two attached hydrogens (primary N) is 1. The standard InChI is InChI=1S/C23H25F4N3O2/c1-12-19-15(10-14-6-8-30(9-7-14)18(31)5-4-13-2-3-13)17(24)11-16(22(28)32)20(19)29-21(12)23(25,26)27/h4-5,11,13-14,29H,2-3,6-10H2,1H3,(H2,28,32)/b5-4-. The Kier molecular flexibility index (Phi) is 5.77. The van der Waals surface area contributed by atoms with Gasteiger partial charge in [-0.05, 0) is 74.1 Å². The van der Waals surface area contributed by atoms with Crippen LogP contribution in [0.3, 0.4) is 0 Å². The van der Waals surface area contributed by atoms with Crippen molar-refractivity contribution in [3.8, 4) is 0 Å². The highest BCUT2D eigenvalue weighted by Gasteiger charge is 2.37. The van der Waals surface area contributed by atoms with Crippen molar-refractivity contribution < 1.29 is 27.2 Å². The first kappa shape index (κ1) is 22.4. The number of alkyl halides is 3. The van der Waals surface area contributed by atoms with E-state index in [1.54, 1.807) is 11.0 Å². The number of primary amides is 1. The Bertz CT molecular complexity index is 1090. The number of aromatic amines is 1. The first-order chi connectivity index (χ1) is 15.1. The van der Waals surface area contributed by atoms with Crippen molar-refractivity contribution in [3.05, 3.63) is 46.4 Å². The van der Waals surface area contributed by atoms with Crippen LogP contribution < -0.4 is 5.73 Å². The monoisotopic (exact) mass is 451 g/mol. The third-order valence-corrected chi connectivity index (χ3v) is 6.48. The predicted molar refractivity (Wildman–Crippen MR) is 111 cm³/mol. The van der Waals surface area contributed by atoms with Crippen LogP contribution in [0.4, 0.5) is 17.6 Å². The van der Waals surface area contributed by atoms with E-state index in [0.29, 0.717) is 31.8 Å². The van der Waals surface area contributed by atoms with E-state index >= 15 is 0 Å². The molecule has 1 saturated heterocycles. The molecule has 1 saturated carbocycles. The molecule has 1 aliphatic heterocycles. The number of allylic oxidation sites excluding steroid dienone is 1. The zero-order chi connectivity index (χ0) is 23.2. The lowest BCUT2D eigenvalue weighted by Gasteiger charge is -2.31. The fraction of sp³-hybridized carbons (Fsp3) is 0.478. The first-order valence-electron chi connectivity index (χ1n) is 10.7. The van der Waals surface area contributed by atoms with Gasteiger partial charge in [-0.2, -0.15) is 13.2 Å². The number of likely N-dealkylation sites (tertiary alicyclic amines) is 1. The number of rotatable bonds is 5. The summed E-state index contributed by atoms with van der Waals surface area (Å²) in [5.74, 6) is -1.26.